The molecule has 0 aliphatic carbocycles. The summed E-state index contributed by atoms with van der Waals surface area (Å²) in [4.78, 5) is 18.4. The number of methoxy groups -OCH3 is 3. The molecule has 0 saturated carbocycles. The molecule has 0 unspecified atom stereocenters. The predicted molar refractivity (Wildman–Crippen MR) is 142 cm³/mol. The molecule has 1 aliphatic rings. The van der Waals surface area contributed by atoms with Crippen molar-refractivity contribution < 1.29 is 28.5 Å². The fraction of sp³-hybridized carbons (Fsp3) is 0.222. The van der Waals surface area contributed by atoms with Gasteiger partial charge >= 0.3 is 0 Å². The Morgan fingerprint density at radius 3 is 2.41 bits per heavy atom. The molecule has 0 atom stereocenters. The van der Waals surface area contributed by atoms with Crippen molar-refractivity contribution in [2.75, 3.05) is 39.6 Å². The number of hydrazone groups is 1. The molecule has 0 spiro atoms. The summed E-state index contributed by atoms with van der Waals surface area (Å²) < 4.78 is 28.5. The van der Waals surface area contributed by atoms with Crippen LogP contribution in [0.3, 0.4) is 0 Å². The Hall–Kier alpha value is -4.31. The first kappa shape index (κ1) is 24.4. The molecule has 9 nitrogen and oxygen atoms in total. The zero-order chi connectivity index (χ0) is 25.9. The van der Waals surface area contributed by atoms with Gasteiger partial charge in [0.05, 0.1) is 37.8 Å². The number of thiazole rings is 1. The smallest absolute Gasteiger partial charge is 0.280 e. The molecule has 3 aromatic carbocycles. The number of carbonyl (C=O) groups excluding carboxylic acids is 1. The highest BCUT2D eigenvalue weighted by molar-refractivity contribution is 7.22. The number of ether oxygens (including phenoxy) is 5. The van der Waals surface area contributed by atoms with Crippen molar-refractivity contribution in [1.29, 1.82) is 0 Å². The van der Waals surface area contributed by atoms with Crippen LogP contribution in [0.5, 0.6) is 28.7 Å². The van der Waals surface area contributed by atoms with Crippen molar-refractivity contribution in [2.24, 2.45) is 5.10 Å². The van der Waals surface area contributed by atoms with Gasteiger partial charge in [0.1, 0.15) is 13.2 Å². The Kier molecular flexibility index (Phi) is 6.82. The standard InChI is InChI=1S/C27H25N3O6S/c1-16-5-7-19-24(11-16)37-27(29-19)30(26(31)18-6-8-20-21(14-18)36-10-9-35-20)28-15-17-12-22(32-2)25(34-4)23(13-17)33-3/h5-8,11-15H,9-10H2,1-4H3/b28-15+. The highest BCUT2D eigenvalue weighted by Gasteiger charge is 2.24. The van der Waals surface area contributed by atoms with E-state index in [1.165, 1.54) is 23.5 Å². The zero-order valence-corrected chi connectivity index (χ0v) is 21.6. The van der Waals surface area contributed by atoms with Crippen LogP contribution in [0, 0.1) is 6.92 Å². The Morgan fingerprint density at radius 2 is 1.70 bits per heavy atom. The van der Waals surface area contributed by atoms with Crippen molar-refractivity contribution in [1.82, 2.24) is 4.98 Å². The molecule has 0 radical (unpaired) electrons. The molecule has 0 fully saturated rings. The first-order valence-corrected chi connectivity index (χ1v) is 12.3. The molecule has 0 bridgehead atoms. The average molecular weight is 520 g/mol. The van der Waals surface area contributed by atoms with E-state index in [2.05, 4.69) is 10.1 Å². The number of hydrogen-bond acceptors (Lipinski definition) is 9. The molecule has 1 aliphatic heterocycles. The maximum absolute atomic E-state index is 13.8. The minimum absolute atomic E-state index is 0.364. The maximum Gasteiger partial charge on any atom is 0.280 e. The summed E-state index contributed by atoms with van der Waals surface area (Å²) in [5, 5.41) is 6.28. The first-order chi connectivity index (χ1) is 18.0. The van der Waals surface area contributed by atoms with Gasteiger partial charge in [0.25, 0.3) is 5.91 Å². The summed E-state index contributed by atoms with van der Waals surface area (Å²) >= 11 is 1.38. The molecule has 1 amide bonds. The van der Waals surface area contributed by atoms with Gasteiger partial charge in [-0.05, 0) is 55.0 Å². The lowest BCUT2D eigenvalue weighted by Crippen LogP contribution is -2.26. The number of nitrogens with zero attached hydrogens (tertiary/aromatic N) is 3. The monoisotopic (exact) mass is 519 g/mol. The molecule has 190 valence electrons. The molecule has 0 N–H and O–H groups in total. The van der Waals surface area contributed by atoms with Gasteiger partial charge in [-0.1, -0.05) is 17.4 Å². The number of carbonyl (C=O) groups is 1. The van der Waals surface area contributed by atoms with Crippen LogP contribution in [-0.2, 0) is 0 Å². The Balaban J connectivity index is 1.57. The summed E-state index contributed by atoms with van der Waals surface area (Å²) in [5.41, 5.74) is 2.93. The molecule has 2 heterocycles. The lowest BCUT2D eigenvalue weighted by atomic mass is 10.2. The molecule has 1 aromatic heterocycles. The van der Waals surface area contributed by atoms with E-state index in [-0.39, 0.29) is 5.91 Å². The number of aromatic nitrogens is 1. The van der Waals surface area contributed by atoms with E-state index in [4.69, 9.17) is 23.7 Å². The lowest BCUT2D eigenvalue weighted by molar-refractivity contribution is 0.0986. The predicted octanol–water partition coefficient (Wildman–Crippen LogP) is 5.08. The molecule has 37 heavy (non-hydrogen) atoms. The number of amides is 1. The van der Waals surface area contributed by atoms with Crippen molar-refractivity contribution >= 4 is 38.8 Å². The number of hydrogen-bond donors (Lipinski definition) is 0. The summed E-state index contributed by atoms with van der Waals surface area (Å²) in [6.07, 6.45) is 1.55. The minimum Gasteiger partial charge on any atom is -0.493 e. The van der Waals surface area contributed by atoms with Crippen LogP contribution in [0.25, 0.3) is 10.2 Å². The lowest BCUT2D eigenvalue weighted by Gasteiger charge is -2.20. The summed E-state index contributed by atoms with van der Waals surface area (Å²) in [5.74, 6) is 2.17. The van der Waals surface area contributed by atoms with Crippen LogP contribution in [0.15, 0.2) is 53.6 Å². The van der Waals surface area contributed by atoms with Crippen molar-refractivity contribution in [2.45, 2.75) is 6.92 Å². The van der Waals surface area contributed by atoms with Crippen molar-refractivity contribution in [3.8, 4) is 28.7 Å². The summed E-state index contributed by atoms with van der Waals surface area (Å²) in [6.45, 7) is 2.90. The topological polar surface area (TPSA) is 91.7 Å². The second-order valence-electron chi connectivity index (χ2n) is 8.15. The zero-order valence-electron chi connectivity index (χ0n) is 20.8. The fourth-order valence-corrected chi connectivity index (χ4v) is 4.92. The van der Waals surface area contributed by atoms with E-state index in [0.717, 1.165) is 15.8 Å². The molecular weight excluding hydrogens is 494 g/mol. The largest absolute Gasteiger partial charge is 0.493 e. The Labute approximate surface area is 217 Å². The average Bonchev–Trinajstić information content (AvgIpc) is 3.34. The number of anilines is 1. The van der Waals surface area contributed by atoms with Gasteiger partial charge in [0.2, 0.25) is 10.9 Å². The van der Waals surface area contributed by atoms with Gasteiger partial charge in [-0.2, -0.15) is 10.1 Å². The third kappa shape index (κ3) is 4.88. The highest BCUT2D eigenvalue weighted by atomic mass is 32.1. The summed E-state index contributed by atoms with van der Waals surface area (Å²) in [6, 6.07) is 14.5. The van der Waals surface area contributed by atoms with Crippen LogP contribution in [0.1, 0.15) is 21.5 Å². The fourth-order valence-electron chi connectivity index (χ4n) is 3.90. The van der Waals surface area contributed by atoms with E-state index in [0.29, 0.717) is 58.2 Å². The van der Waals surface area contributed by atoms with E-state index in [1.54, 1.807) is 50.8 Å². The van der Waals surface area contributed by atoms with Crippen LogP contribution < -0.4 is 28.7 Å². The number of benzene rings is 3. The van der Waals surface area contributed by atoms with Gasteiger partial charge in [-0.25, -0.2) is 4.98 Å². The number of fused-ring (bicyclic) bond motifs is 2. The number of rotatable bonds is 7. The summed E-state index contributed by atoms with van der Waals surface area (Å²) in [7, 11) is 4.62. The van der Waals surface area contributed by atoms with Gasteiger partial charge in [-0.3, -0.25) is 4.79 Å². The van der Waals surface area contributed by atoms with Gasteiger partial charge < -0.3 is 23.7 Å². The second-order valence-corrected chi connectivity index (χ2v) is 9.16. The van der Waals surface area contributed by atoms with Crippen LogP contribution in [0.4, 0.5) is 5.13 Å². The third-order valence-electron chi connectivity index (χ3n) is 5.70. The van der Waals surface area contributed by atoms with Crippen molar-refractivity contribution in [3.05, 3.63) is 65.2 Å². The SMILES string of the molecule is COc1cc(/C=N/N(C(=O)c2ccc3c(c2)OCCO3)c2nc3ccc(C)cc3s2)cc(OC)c1OC. The molecular formula is C27H25N3O6S. The van der Waals surface area contributed by atoms with Crippen LogP contribution in [0.2, 0.25) is 0 Å². The van der Waals surface area contributed by atoms with Crippen LogP contribution in [-0.4, -0.2) is 51.6 Å². The van der Waals surface area contributed by atoms with Gasteiger partial charge in [-0.15, -0.1) is 0 Å². The Bertz CT molecular complexity index is 1470. The third-order valence-corrected chi connectivity index (χ3v) is 6.70. The molecule has 5 rings (SSSR count). The highest BCUT2D eigenvalue weighted by Crippen LogP contribution is 2.38. The quantitative estimate of drug-likeness (QED) is 0.248. The minimum atomic E-state index is -0.364. The van der Waals surface area contributed by atoms with E-state index < -0.39 is 0 Å². The van der Waals surface area contributed by atoms with E-state index >= 15 is 0 Å². The normalized spacial score (nSPS) is 12.5. The van der Waals surface area contributed by atoms with E-state index in [9.17, 15) is 4.79 Å². The van der Waals surface area contributed by atoms with Gasteiger partial charge in [0.15, 0.2) is 23.0 Å². The first-order valence-electron chi connectivity index (χ1n) is 11.5. The van der Waals surface area contributed by atoms with Crippen LogP contribution >= 0.6 is 11.3 Å². The van der Waals surface area contributed by atoms with Crippen molar-refractivity contribution in [3.63, 3.8) is 0 Å². The molecule has 4 aromatic rings. The number of aryl methyl sites for hydroxylation is 1. The Morgan fingerprint density at radius 1 is 0.973 bits per heavy atom. The maximum atomic E-state index is 13.8. The molecule has 10 heteroatoms. The molecule has 0 saturated heterocycles. The van der Waals surface area contributed by atoms with E-state index in [1.807, 2.05) is 25.1 Å². The second kappa shape index (κ2) is 10.4. The van der Waals surface area contributed by atoms with Gasteiger partial charge in [0, 0.05) is 11.1 Å².